The SMILES string of the molecule is CN1CCN(c2ccc(C3NNC4CC(=O)N(Cc5ccccc5)CC43)cc2)CC1. The summed E-state index contributed by atoms with van der Waals surface area (Å²) in [7, 11) is 2.19. The molecule has 2 aromatic carbocycles. The molecule has 0 radical (unpaired) electrons. The van der Waals surface area contributed by atoms with Crippen molar-refractivity contribution in [3.8, 4) is 0 Å². The summed E-state index contributed by atoms with van der Waals surface area (Å²) in [5, 5.41) is 0. The van der Waals surface area contributed by atoms with Gasteiger partial charge in [0.15, 0.2) is 0 Å². The van der Waals surface area contributed by atoms with E-state index in [2.05, 4.69) is 64.1 Å². The number of fused-ring (bicyclic) bond motifs is 1. The normalized spacial score (nSPS) is 27.4. The highest BCUT2D eigenvalue weighted by atomic mass is 16.2. The Morgan fingerprint density at radius 1 is 0.933 bits per heavy atom. The lowest BCUT2D eigenvalue weighted by molar-refractivity contribution is -0.136. The van der Waals surface area contributed by atoms with E-state index >= 15 is 0 Å². The number of nitrogens with one attached hydrogen (secondary N) is 2. The van der Waals surface area contributed by atoms with Crippen LogP contribution >= 0.6 is 0 Å². The third kappa shape index (κ3) is 3.95. The Balaban J connectivity index is 1.28. The molecule has 3 aliphatic heterocycles. The van der Waals surface area contributed by atoms with Gasteiger partial charge in [0.25, 0.3) is 0 Å². The van der Waals surface area contributed by atoms with Gasteiger partial charge in [-0.05, 0) is 30.3 Å². The molecule has 6 nitrogen and oxygen atoms in total. The van der Waals surface area contributed by atoms with E-state index in [1.807, 2.05) is 23.1 Å². The van der Waals surface area contributed by atoms with Crippen molar-refractivity contribution in [2.24, 2.45) is 5.92 Å². The van der Waals surface area contributed by atoms with Gasteiger partial charge in [0, 0.05) is 63.3 Å². The fraction of sp³-hybridized carbons (Fsp3) is 0.458. The summed E-state index contributed by atoms with van der Waals surface area (Å²) in [6.45, 7) is 5.87. The number of likely N-dealkylation sites (N-methyl/N-ethyl adjacent to an activating group) is 1. The van der Waals surface area contributed by atoms with Crippen molar-refractivity contribution >= 4 is 11.6 Å². The van der Waals surface area contributed by atoms with E-state index < -0.39 is 0 Å². The van der Waals surface area contributed by atoms with Gasteiger partial charge in [0.1, 0.15) is 0 Å². The molecular formula is C24H31N5O. The zero-order chi connectivity index (χ0) is 20.5. The second kappa shape index (κ2) is 8.38. The first kappa shape index (κ1) is 19.5. The van der Waals surface area contributed by atoms with Gasteiger partial charge in [-0.1, -0.05) is 42.5 Å². The van der Waals surface area contributed by atoms with E-state index in [0.29, 0.717) is 18.9 Å². The van der Waals surface area contributed by atoms with E-state index in [9.17, 15) is 4.79 Å². The topological polar surface area (TPSA) is 50.9 Å². The zero-order valence-electron chi connectivity index (χ0n) is 17.6. The lowest BCUT2D eigenvalue weighted by atomic mass is 9.84. The van der Waals surface area contributed by atoms with Gasteiger partial charge >= 0.3 is 0 Å². The number of hydrogen-bond acceptors (Lipinski definition) is 5. The minimum absolute atomic E-state index is 0.201. The lowest BCUT2D eigenvalue weighted by Gasteiger charge is -2.36. The van der Waals surface area contributed by atoms with Crippen molar-refractivity contribution in [1.29, 1.82) is 0 Å². The standard InChI is InChI=1S/C24H31N5O/c1-27-11-13-28(14-12-27)20-9-7-19(8-10-20)24-21-17-29(16-18-5-3-2-4-6-18)23(30)15-22(21)25-26-24/h2-10,21-22,24-26H,11-17H2,1H3. The van der Waals surface area contributed by atoms with Crippen LogP contribution in [-0.2, 0) is 11.3 Å². The summed E-state index contributed by atoms with van der Waals surface area (Å²) >= 11 is 0. The minimum Gasteiger partial charge on any atom is -0.369 e. The van der Waals surface area contributed by atoms with Gasteiger partial charge < -0.3 is 14.7 Å². The fourth-order valence-corrected chi connectivity index (χ4v) is 5.00. The number of anilines is 1. The maximum Gasteiger partial charge on any atom is 0.224 e. The third-order valence-electron chi connectivity index (χ3n) is 6.88. The number of hydrogen-bond donors (Lipinski definition) is 2. The number of likely N-dealkylation sites (tertiary alicyclic amines) is 1. The molecule has 3 heterocycles. The number of nitrogens with zero attached hydrogens (tertiary/aromatic N) is 3. The Hall–Kier alpha value is -2.41. The molecule has 0 spiro atoms. The fourth-order valence-electron chi connectivity index (χ4n) is 5.00. The zero-order valence-corrected chi connectivity index (χ0v) is 17.6. The molecule has 0 aliphatic carbocycles. The second-order valence-corrected chi connectivity index (χ2v) is 8.88. The summed E-state index contributed by atoms with van der Waals surface area (Å²) in [6.07, 6.45) is 0.556. The molecule has 3 saturated heterocycles. The first-order valence-corrected chi connectivity index (χ1v) is 11.0. The van der Waals surface area contributed by atoms with Gasteiger partial charge in [-0.25, -0.2) is 5.43 Å². The van der Waals surface area contributed by atoms with E-state index in [4.69, 9.17) is 0 Å². The highest BCUT2D eigenvalue weighted by Crippen LogP contribution is 2.35. The van der Waals surface area contributed by atoms with Crippen LogP contribution in [0.2, 0.25) is 0 Å². The number of carbonyl (C=O) groups excluding carboxylic acids is 1. The number of carbonyl (C=O) groups is 1. The quantitative estimate of drug-likeness (QED) is 0.815. The molecule has 30 heavy (non-hydrogen) atoms. The summed E-state index contributed by atoms with van der Waals surface area (Å²) in [4.78, 5) is 19.5. The van der Waals surface area contributed by atoms with Gasteiger partial charge in [0.2, 0.25) is 5.91 Å². The van der Waals surface area contributed by atoms with Crippen LogP contribution < -0.4 is 15.8 Å². The average Bonchev–Trinajstić information content (AvgIpc) is 3.18. The molecule has 2 aromatic rings. The smallest absolute Gasteiger partial charge is 0.224 e. The molecule has 2 N–H and O–H groups in total. The number of benzene rings is 2. The summed E-state index contributed by atoms with van der Waals surface area (Å²) in [6, 6.07) is 19.7. The van der Waals surface area contributed by atoms with Crippen LogP contribution in [0.15, 0.2) is 54.6 Å². The Morgan fingerprint density at radius 2 is 1.67 bits per heavy atom. The Morgan fingerprint density at radius 3 is 2.40 bits per heavy atom. The van der Waals surface area contributed by atoms with Crippen molar-refractivity contribution in [3.63, 3.8) is 0 Å². The molecule has 158 valence electrons. The van der Waals surface area contributed by atoms with Gasteiger partial charge in [0.05, 0.1) is 6.04 Å². The van der Waals surface area contributed by atoms with Crippen molar-refractivity contribution in [1.82, 2.24) is 20.7 Å². The van der Waals surface area contributed by atoms with Crippen molar-refractivity contribution in [2.45, 2.75) is 25.0 Å². The number of amides is 1. The van der Waals surface area contributed by atoms with E-state index in [-0.39, 0.29) is 18.0 Å². The summed E-state index contributed by atoms with van der Waals surface area (Å²) < 4.78 is 0. The van der Waals surface area contributed by atoms with Crippen LogP contribution in [0.25, 0.3) is 0 Å². The molecule has 5 rings (SSSR count). The average molecular weight is 406 g/mol. The molecule has 3 unspecified atom stereocenters. The number of piperidine rings is 1. The molecule has 0 aromatic heterocycles. The van der Waals surface area contributed by atoms with Crippen LogP contribution in [0, 0.1) is 5.92 Å². The maximum absolute atomic E-state index is 12.7. The molecule has 6 heteroatoms. The number of hydrazine groups is 1. The molecule has 3 aliphatic rings. The molecule has 0 saturated carbocycles. The number of piperazine rings is 1. The van der Waals surface area contributed by atoms with Gasteiger partial charge in [-0.2, -0.15) is 0 Å². The van der Waals surface area contributed by atoms with Crippen molar-refractivity contribution in [3.05, 3.63) is 65.7 Å². The van der Waals surface area contributed by atoms with E-state index in [1.165, 1.54) is 16.8 Å². The lowest BCUT2D eigenvalue weighted by Crippen LogP contribution is -2.48. The highest BCUT2D eigenvalue weighted by molar-refractivity contribution is 5.78. The summed E-state index contributed by atoms with van der Waals surface area (Å²) in [5.74, 6) is 0.612. The Labute approximate surface area is 178 Å². The monoisotopic (exact) mass is 405 g/mol. The van der Waals surface area contributed by atoms with Crippen LogP contribution in [0.1, 0.15) is 23.6 Å². The predicted octanol–water partition coefficient (Wildman–Crippen LogP) is 2.00. The maximum atomic E-state index is 12.7. The van der Waals surface area contributed by atoms with Crippen molar-refractivity contribution < 1.29 is 4.79 Å². The first-order valence-electron chi connectivity index (χ1n) is 11.0. The van der Waals surface area contributed by atoms with E-state index in [1.54, 1.807) is 0 Å². The Kier molecular flexibility index (Phi) is 5.46. The second-order valence-electron chi connectivity index (χ2n) is 8.88. The Bertz CT molecular complexity index is 863. The summed E-state index contributed by atoms with van der Waals surface area (Å²) in [5.41, 5.74) is 10.7. The van der Waals surface area contributed by atoms with Crippen LogP contribution in [0.3, 0.4) is 0 Å². The predicted molar refractivity (Wildman–Crippen MR) is 119 cm³/mol. The molecule has 0 bridgehead atoms. The van der Waals surface area contributed by atoms with E-state index in [0.717, 1.165) is 32.7 Å². The van der Waals surface area contributed by atoms with Crippen LogP contribution in [-0.4, -0.2) is 61.5 Å². The van der Waals surface area contributed by atoms with Gasteiger partial charge in [-0.15, -0.1) is 0 Å². The largest absolute Gasteiger partial charge is 0.369 e. The van der Waals surface area contributed by atoms with Crippen LogP contribution in [0.5, 0.6) is 0 Å². The highest BCUT2D eigenvalue weighted by Gasteiger charge is 2.43. The van der Waals surface area contributed by atoms with Crippen molar-refractivity contribution in [2.75, 3.05) is 44.7 Å². The van der Waals surface area contributed by atoms with Gasteiger partial charge in [-0.3, -0.25) is 10.2 Å². The molecule has 3 fully saturated rings. The first-order chi connectivity index (χ1) is 14.7. The van der Waals surface area contributed by atoms with Crippen LogP contribution in [0.4, 0.5) is 5.69 Å². The third-order valence-corrected chi connectivity index (χ3v) is 6.88. The molecule has 1 amide bonds. The minimum atomic E-state index is 0.201. The molecule has 3 atom stereocenters. The molecular weight excluding hydrogens is 374 g/mol. The number of rotatable bonds is 4.